The average Bonchev–Trinajstić information content (AvgIpc) is 2.94. The normalized spacial score (nSPS) is 24.8. The van der Waals surface area contributed by atoms with Crippen molar-refractivity contribution in [1.29, 1.82) is 0 Å². The second-order valence-electron chi connectivity index (χ2n) is 10.5. The summed E-state index contributed by atoms with van der Waals surface area (Å²) in [6.07, 6.45) is 3.54. The van der Waals surface area contributed by atoms with Gasteiger partial charge in [-0.05, 0) is 49.1 Å². The van der Waals surface area contributed by atoms with Gasteiger partial charge in [0.1, 0.15) is 24.0 Å². The van der Waals surface area contributed by atoms with E-state index in [2.05, 4.69) is 5.48 Å². The Morgan fingerprint density at radius 2 is 1.75 bits per heavy atom. The second kappa shape index (κ2) is 12.5. The third-order valence-electron chi connectivity index (χ3n) is 7.80. The average molecular weight is 581 g/mol. The molecule has 1 aliphatic heterocycles. The number of amidine groups is 1. The standard InChI is InChI=1S/C31H32Cl2N4O3/c1-19(34)35-26-13-7-8-14-27(26)37-29(24-16-15-21(32)17-25(24)33)28(22-11-5-6-12-23(22)31(37)39)30(38)36-40-18-20-9-3-2-4-10-20/h2-6,9-12,15-17,26-29H,7-8,13-14,18H2,1H3,(H2,34,35)(H,36,38)/p+1/t26-,27?,28+,29-/m0/s1. The summed E-state index contributed by atoms with van der Waals surface area (Å²) in [7, 11) is 0. The Morgan fingerprint density at radius 3 is 2.50 bits per heavy atom. The monoisotopic (exact) mass is 579 g/mol. The molecule has 208 valence electrons. The van der Waals surface area contributed by atoms with Crippen LogP contribution in [0.25, 0.3) is 0 Å². The summed E-state index contributed by atoms with van der Waals surface area (Å²) in [6, 6.07) is 21.1. The first-order chi connectivity index (χ1) is 19.3. The number of benzene rings is 3. The van der Waals surface area contributed by atoms with E-state index in [1.165, 1.54) is 0 Å². The minimum absolute atomic E-state index is 0.0809. The molecule has 2 amide bonds. The first-order valence-electron chi connectivity index (χ1n) is 13.6. The quantitative estimate of drug-likeness (QED) is 0.213. The predicted octanol–water partition coefficient (Wildman–Crippen LogP) is 4.79. The lowest BCUT2D eigenvalue weighted by Gasteiger charge is -2.43. The minimum atomic E-state index is -0.760. The van der Waals surface area contributed by atoms with E-state index >= 15 is 0 Å². The zero-order chi connectivity index (χ0) is 28.2. The number of hydroxylamine groups is 1. The highest BCUT2D eigenvalue weighted by Crippen LogP contribution is 2.39. The van der Waals surface area contributed by atoms with Gasteiger partial charge >= 0.3 is 5.91 Å². The van der Waals surface area contributed by atoms with Gasteiger partial charge in [-0.2, -0.15) is 0 Å². The van der Waals surface area contributed by atoms with Crippen molar-refractivity contribution in [2.24, 2.45) is 10.7 Å². The number of hydrogen-bond acceptors (Lipinski definition) is 4. The zero-order valence-corrected chi connectivity index (χ0v) is 23.8. The van der Waals surface area contributed by atoms with E-state index in [0.717, 1.165) is 31.2 Å². The van der Waals surface area contributed by atoms with Crippen LogP contribution in [-0.4, -0.2) is 29.7 Å². The van der Waals surface area contributed by atoms with E-state index in [-0.39, 0.29) is 30.5 Å². The number of halogens is 2. The number of quaternary nitrogens is 1. The predicted molar refractivity (Wildman–Crippen MR) is 156 cm³/mol. The van der Waals surface area contributed by atoms with Gasteiger partial charge in [-0.3, -0.25) is 19.5 Å². The Morgan fingerprint density at radius 1 is 1.02 bits per heavy atom. The Hall–Kier alpha value is -3.23. The summed E-state index contributed by atoms with van der Waals surface area (Å²) < 4.78 is 0. The van der Waals surface area contributed by atoms with Gasteiger partial charge in [0.2, 0.25) is 0 Å². The molecule has 0 saturated heterocycles. The van der Waals surface area contributed by atoms with Crippen LogP contribution >= 0.6 is 23.2 Å². The van der Waals surface area contributed by atoms with Gasteiger partial charge in [-0.1, -0.05) is 84.2 Å². The molecule has 5 rings (SSSR count). The van der Waals surface area contributed by atoms with Crippen molar-refractivity contribution >= 4 is 40.9 Å². The number of fused-ring (bicyclic) bond motifs is 1. The molecule has 3 aromatic rings. The highest BCUT2D eigenvalue weighted by Gasteiger charge is 2.53. The second-order valence-corrected chi connectivity index (χ2v) is 11.3. The smallest absolute Gasteiger partial charge is 0.345 e. The lowest BCUT2D eigenvalue weighted by Crippen LogP contribution is -3.21. The molecule has 1 heterocycles. The van der Waals surface area contributed by atoms with Gasteiger partial charge in [0.05, 0.1) is 23.0 Å². The van der Waals surface area contributed by atoms with Crippen molar-refractivity contribution in [3.8, 4) is 0 Å². The lowest BCUT2D eigenvalue weighted by molar-refractivity contribution is -0.880. The third-order valence-corrected chi connectivity index (χ3v) is 8.37. The largest absolute Gasteiger partial charge is 0.388 e. The summed E-state index contributed by atoms with van der Waals surface area (Å²) in [6.45, 7) is 1.97. The maximum absolute atomic E-state index is 14.3. The van der Waals surface area contributed by atoms with E-state index in [4.69, 9.17) is 38.8 Å². The molecule has 2 unspecified atom stereocenters. The van der Waals surface area contributed by atoms with Crippen LogP contribution in [0.1, 0.15) is 71.6 Å². The molecule has 4 N–H and O–H groups in total. The fourth-order valence-corrected chi connectivity index (χ4v) is 6.67. The third kappa shape index (κ3) is 5.93. The zero-order valence-electron chi connectivity index (χ0n) is 22.3. The Bertz CT molecular complexity index is 1410. The number of nitrogens with zero attached hydrogens (tertiary/aromatic N) is 1. The van der Waals surface area contributed by atoms with Gasteiger partial charge in [0.15, 0.2) is 0 Å². The van der Waals surface area contributed by atoms with Crippen molar-refractivity contribution in [3.05, 3.63) is 105 Å². The van der Waals surface area contributed by atoms with Crippen molar-refractivity contribution in [2.45, 2.75) is 63.3 Å². The topological polar surface area (TPSA) is 98.2 Å². The van der Waals surface area contributed by atoms with Crippen LogP contribution in [0.3, 0.4) is 0 Å². The van der Waals surface area contributed by atoms with E-state index in [1.54, 1.807) is 25.1 Å². The maximum Gasteiger partial charge on any atom is 0.345 e. The fraction of sp³-hybridized carbons (Fsp3) is 0.323. The van der Waals surface area contributed by atoms with E-state index in [0.29, 0.717) is 37.5 Å². The van der Waals surface area contributed by atoms with E-state index in [1.807, 2.05) is 54.6 Å². The van der Waals surface area contributed by atoms with Crippen molar-refractivity contribution in [1.82, 2.24) is 5.48 Å². The van der Waals surface area contributed by atoms with Crippen LogP contribution in [0.4, 0.5) is 0 Å². The van der Waals surface area contributed by atoms with Crippen LogP contribution in [0.5, 0.6) is 0 Å². The molecule has 1 aliphatic carbocycles. The van der Waals surface area contributed by atoms with Crippen LogP contribution in [-0.2, 0) is 16.2 Å². The number of nitrogens with one attached hydrogen (secondary N) is 2. The van der Waals surface area contributed by atoms with Gasteiger partial charge in [0, 0.05) is 17.0 Å². The molecule has 0 radical (unpaired) electrons. The first kappa shape index (κ1) is 28.3. The molecule has 2 aliphatic rings. The Labute approximate surface area is 244 Å². The fourth-order valence-electron chi connectivity index (χ4n) is 6.14. The first-order valence-corrected chi connectivity index (χ1v) is 14.3. The van der Waals surface area contributed by atoms with E-state index < -0.39 is 12.0 Å². The molecule has 3 aromatic carbocycles. The molecule has 5 atom stereocenters. The summed E-state index contributed by atoms with van der Waals surface area (Å²) in [5.41, 5.74) is 11.4. The molecule has 1 fully saturated rings. The van der Waals surface area contributed by atoms with Crippen molar-refractivity contribution in [2.75, 3.05) is 0 Å². The molecular weight excluding hydrogens is 547 g/mol. The molecule has 9 heteroatoms. The molecule has 7 nitrogen and oxygen atoms in total. The Balaban J connectivity index is 1.60. The number of carbonyl (C=O) groups is 2. The maximum atomic E-state index is 14.3. The number of aliphatic imine (C=N–C) groups is 1. The number of carbonyl (C=O) groups excluding carboxylic acids is 2. The minimum Gasteiger partial charge on any atom is -0.388 e. The summed E-state index contributed by atoms with van der Waals surface area (Å²) in [5.74, 6) is -0.715. The highest BCUT2D eigenvalue weighted by atomic mass is 35.5. The molecule has 0 bridgehead atoms. The molecule has 0 spiro atoms. The van der Waals surface area contributed by atoms with Crippen LogP contribution in [0.15, 0.2) is 77.8 Å². The number of nitrogens with two attached hydrogens (primary N) is 1. The summed E-state index contributed by atoms with van der Waals surface area (Å²) >= 11 is 13.1. The highest BCUT2D eigenvalue weighted by molar-refractivity contribution is 6.35. The summed E-state index contributed by atoms with van der Waals surface area (Å²) in [4.78, 5) is 39.4. The summed E-state index contributed by atoms with van der Waals surface area (Å²) in [5, 5.41) is 0.875. The van der Waals surface area contributed by atoms with Crippen molar-refractivity contribution in [3.63, 3.8) is 0 Å². The SMILES string of the molecule is CC(N)=N[C@H]1CCCCC1[NH+]1C(=O)c2ccccc2[C@@H](C(=O)NOCc2ccccc2)[C@@H]1c1ccc(Cl)cc1Cl. The van der Waals surface area contributed by atoms with Gasteiger partial charge in [0.25, 0.3) is 5.91 Å². The van der Waals surface area contributed by atoms with Gasteiger partial charge < -0.3 is 5.73 Å². The van der Waals surface area contributed by atoms with Crippen molar-refractivity contribution < 1.29 is 19.3 Å². The number of hydrogen-bond donors (Lipinski definition) is 3. The van der Waals surface area contributed by atoms with Gasteiger partial charge in [-0.25, -0.2) is 10.3 Å². The Kier molecular flexibility index (Phi) is 8.86. The number of amides is 2. The van der Waals surface area contributed by atoms with Crippen LogP contribution < -0.4 is 16.1 Å². The molecule has 1 saturated carbocycles. The molecule has 40 heavy (non-hydrogen) atoms. The number of rotatable bonds is 7. The van der Waals surface area contributed by atoms with Gasteiger partial charge in [-0.15, -0.1) is 0 Å². The molecule has 0 aromatic heterocycles. The lowest BCUT2D eigenvalue weighted by atomic mass is 9.76. The molecular formula is C31H33Cl2N4O3+. The van der Waals surface area contributed by atoms with E-state index in [9.17, 15) is 9.59 Å². The van der Waals surface area contributed by atoms with Crippen LogP contribution in [0.2, 0.25) is 10.0 Å². The van der Waals surface area contributed by atoms with Crippen LogP contribution in [0, 0.1) is 0 Å².